The molecule has 0 radical (unpaired) electrons. The number of nitrogens with zero attached hydrogens (tertiary/aromatic N) is 2. The summed E-state index contributed by atoms with van der Waals surface area (Å²) in [5, 5.41) is 15.4. The van der Waals surface area contributed by atoms with Crippen LogP contribution >= 0.6 is 0 Å². The third-order valence-electron chi connectivity index (χ3n) is 2.31. The van der Waals surface area contributed by atoms with Crippen LogP contribution in [0.25, 0.3) is 0 Å². The fourth-order valence-corrected chi connectivity index (χ4v) is 1.40. The highest BCUT2D eigenvalue weighted by molar-refractivity contribution is 5.84. The Balaban J connectivity index is 2.66. The molecular formula is C11H14N4O5. The molecule has 20 heavy (non-hydrogen) atoms. The van der Waals surface area contributed by atoms with Crippen molar-refractivity contribution >= 4 is 17.5 Å². The number of nitro groups is 1. The van der Waals surface area contributed by atoms with Crippen molar-refractivity contribution in [2.24, 2.45) is 0 Å². The standard InChI is InChI=1S/C11H14N4O5/c1-2-12-9(16)5-13-10(17)7-14-6-8(15(19)20)3-4-11(14)18/h3-4,6H,2,5,7H2,1H3,(H,12,16)(H,13,17). The van der Waals surface area contributed by atoms with E-state index in [2.05, 4.69) is 10.6 Å². The number of rotatable bonds is 6. The molecule has 9 nitrogen and oxygen atoms in total. The SMILES string of the molecule is CCNC(=O)CNC(=O)Cn1cc([N+](=O)[O-])ccc1=O. The third-order valence-corrected chi connectivity index (χ3v) is 2.31. The maximum Gasteiger partial charge on any atom is 0.285 e. The molecule has 0 aromatic carbocycles. The van der Waals surface area contributed by atoms with E-state index < -0.39 is 16.4 Å². The molecule has 0 saturated heterocycles. The van der Waals surface area contributed by atoms with Crippen molar-refractivity contribution in [2.45, 2.75) is 13.5 Å². The van der Waals surface area contributed by atoms with Gasteiger partial charge in [0, 0.05) is 18.7 Å². The highest BCUT2D eigenvalue weighted by atomic mass is 16.6. The van der Waals surface area contributed by atoms with Crippen molar-refractivity contribution in [3.05, 3.63) is 38.8 Å². The molecule has 1 aromatic rings. The molecule has 0 saturated carbocycles. The summed E-state index contributed by atoms with van der Waals surface area (Å²) in [4.78, 5) is 44.0. The van der Waals surface area contributed by atoms with Crippen LogP contribution in [0.5, 0.6) is 0 Å². The van der Waals surface area contributed by atoms with Crippen molar-refractivity contribution < 1.29 is 14.5 Å². The van der Waals surface area contributed by atoms with E-state index >= 15 is 0 Å². The van der Waals surface area contributed by atoms with Crippen molar-refractivity contribution in [3.8, 4) is 0 Å². The molecule has 0 aliphatic carbocycles. The number of pyridine rings is 1. The van der Waals surface area contributed by atoms with Crippen LogP contribution in [0.4, 0.5) is 5.69 Å². The lowest BCUT2D eigenvalue weighted by molar-refractivity contribution is -0.385. The second-order valence-corrected chi connectivity index (χ2v) is 3.84. The summed E-state index contributed by atoms with van der Waals surface area (Å²) in [7, 11) is 0. The first-order chi connectivity index (χ1) is 9.43. The average Bonchev–Trinajstić information content (AvgIpc) is 2.39. The minimum atomic E-state index is -0.664. The fourth-order valence-electron chi connectivity index (χ4n) is 1.40. The summed E-state index contributed by atoms with van der Waals surface area (Å²) in [6, 6.07) is 2.07. The number of amides is 2. The maximum absolute atomic E-state index is 11.5. The van der Waals surface area contributed by atoms with Gasteiger partial charge in [0.15, 0.2) is 0 Å². The van der Waals surface area contributed by atoms with Gasteiger partial charge in [0.2, 0.25) is 11.8 Å². The Bertz CT molecular complexity index is 580. The summed E-state index contributed by atoms with van der Waals surface area (Å²) in [5.41, 5.74) is -0.829. The Morgan fingerprint density at radius 1 is 1.30 bits per heavy atom. The highest BCUT2D eigenvalue weighted by Crippen LogP contribution is 2.05. The van der Waals surface area contributed by atoms with Gasteiger partial charge in [0.1, 0.15) is 6.54 Å². The number of carbonyl (C=O) groups excluding carboxylic acids is 2. The van der Waals surface area contributed by atoms with Crippen LogP contribution in [0.3, 0.4) is 0 Å². The Morgan fingerprint density at radius 2 is 2.00 bits per heavy atom. The molecule has 0 fully saturated rings. The van der Waals surface area contributed by atoms with Crippen molar-refractivity contribution in [3.63, 3.8) is 0 Å². The van der Waals surface area contributed by atoms with Gasteiger partial charge in [-0.1, -0.05) is 0 Å². The van der Waals surface area contributed by atoms with Crippen LogP contribution < -0.4 is 16.2 Å². The van der Waals surface area contributed by atoms with Crippen molar-refractivity contribution in [2.75, 3.05) is 13.1 Å². The molecule has 1 aromatic heterocycles. The first kappa shape index (κ1) is 15.3. The van der Waals surface area contributed by atoms with Gasteiger partial charge in [-0.3, -0.25) is 29.1 Å². The van der Waals surface area contributed by atoms with Gasteiger partial charge in [-0.25, -0.2) is 0 Å². The first-order valence-corrected chi connectivity index (χ1v) is 5.82. The van der Waals surface area contributed by atoms with Crippen LogP contribution in [0.15, 0.2) is 23.1 Å². The Kier molecular flexibility index (Phi) is 5.39. The first-order valence-electron chi connectivity index (χ1n) is 5.82. The van der Waals surface area contributed by atoms with E-state index in [1.165, 1.54) is 0 Å². The second-order valence-electron chi connectivity index (χ2n) is 3.84. The summed E-state index contributed by atoms with van der Waals surface area (Å²) in [6.07, 6.45) is 0.980. The quantitative estimate of drug-likeness (QED) is 0.512. The van der Waals surface area contributed by atoms with E-state index in [-0.39, 0.29) is 24.7 Å². The van der Waals surface area contributed by atoms with Crippen LogP contribution in [-0.2, 0) is 16.1 Å². The second kappa shape index (κ2) is 7.02. The number of nitrogens with one attached hydrogen (secondary N) is 2. The van der Waals surface area contributed by atoms with Gasteiger partial charge in [-0.2, -0.15) is 0 Å². The van der Waals surface area contributed by atoms with Crippen LogP contribution in [0.1, 0.15) is 6.92 Å². The summed E-state index contributed by atoms with van der Waals surface area (Å²) < 4.78 is 0.908. The molecule has 2 N–H and O–H groups in total. The molecule has 108 valence electrons. The molecular weight excluding hydrogens is 268 g/mol. The topological polar surface area (TPSA) is 123 Å². The van der Waals surface area contributed by atoms with Crippen LogP contribution in [0.2, 0.25) is 0 Å². The van der Waals surface area contributed by atoms with Crippen LogP contribution in [-0.4, -0.2) is 34.4 Å². The molecule has 2 amide bonds. The molecule has 0 bridgehead atoms. The largest absolute Gasteiger partial charge is 0.355 e. The molecule has 9 heteroatoms. The predicted molar refractivity (Wildman–Crippen MR) is 69.0 cm³/mol. The number of hydrogen-bond donors (Lipinski definition) is 2. The van der Waals surface area contributed by atoms with E-state index in [1.807, 2.05) is 0 Å². The predicted octanol–water partition coefficient (Wildman–Crippen LogP) is -0.991. The number of carbonyl (C=O) groups is 2. The molecule has 0 aliphatic rings. The number of likely N-dealkylation sites (N-methyl/N-ethyl adjacent to an activating group) is 1. The van der Waals surface area contributed by atoms with E-state index in [0.29, 0.717) is 6.54 Å². The normalized spacial score (nSPS) is 9.85. The zero-order chi connectivity index (χ0) is 15.1. The van der Waals surface area contributed by atoms with Gasteiger partial charge in [0.25, 0.3) is 11.2 Å². The van der Waals surface area contributed by atoms with E-state index in [0.717, 1.165) is 22.9 Å². The van der Waals surface area contributed by atoms with Gasteiger partial charge in [-0.05, 0) is 6.92 Å². The fraction of sp³-hybridized carbons (Fsp3) is 0.364. The maximum atomic E-state index is 11.5. The summed E-state index contributed by atoms with van der Waals surface area (Å²) >= 11 is 0. The zero-order valence-corrected chi connectivity index (χ0v) is 10.8. The molecule has 1 heterocycles. The smallest absolute Gasteiger partial charge is 0.285 e. The number of aromatic nitrogens is 1. The highest BCUT2D eigenvalue weighted by Gasteiger charge is 2.11. The number of hydrogen-bond acceptors (Lipinski definition) is 5. The van der Waals surface area contributed by atoms with Gasteiger partial charge < -0.3 is 10.6 Å². The minimum Gasteiger partial charge on any atom is -0.355 e. The minimum absolute atomic E-state index is 0.212. The third kappa shape index (κ3) is 4.52. The van der Waals surface area contributed by atoms with E-state index in [4.69, 9.17) is 0 Å². The Morgan fingerprint density at radius 3 is 2.60 bits per heavy atom. The van der Waals surface area contributed by atoms with E-state index in [1.54, 1.807) is 6.92 Å². The molecule has 1 rings (SSSR count). The van der Waals surface area contributed by atoms with Crippen LogP contribution in [0, 0.1) is 10.1 Å². The lowest BCUT2D eigenvalue weighted by Crippen LogP contribution is -2.39. The van der Waals surface area contributed by atoms with Gasteiger partial charge in [-0.15, -0.1) is 0 Å². The lowest BCUT2D eigenvalue weighted by Gasteiger charge is -2.07. The van der Waals surface area contributed by atoms with Crippen molar-refractivity contribution in [1.29, 1.82) is 0 Å². The molecule has 0 atom stereocenters. The van der Waals surface area contributed by atoms with Gasteiger partial charge in [0.05, 0.1) is 17.7 Å². The Labute approximate surface area is 113 Å². The molecule has 0 spiro atoms. The lowest BCUT2D eigenvalue weighted by atomic mass is 10.4. The van der Waals surface area contributed by atoms with Gasteiger partial charge >= 0.3 is 0 Å². The molecule has 0 aliphatic heterocycles. The molecule has 0 unspecified atom stereocenters. The Hall–Kier alpha value is -2.71. The zero-order valence-electron chi connectivity index (χ0n) is 10.8. The summed E-state index contributed by atoms with van der Waals surface area (Å²) in [6.45, 7) is 1.58. The summed E-state index contributed by atoms with van der Waals surface area (Å²) in [5.74, 6) is -0.939. The average molecular weight is 282 g/mol. The monoisotopic (exact) mass is 282 g/mol. The van der Waals surface area contributed by atoms with E-state index in [9.17, 15) is 24.5 Å². The van der Waals surface area contributed by atoms with Crippen molar-refractivity contribution in [1.82, 2.24) is 15.2 Å².